The number of hydrogen-bond acceptors (Lipinski definition) is 4. The highest BCUT2D eigenvalue weighted by atomic mass is 16.5. The third-order valence-corrected chi connectivity index (χ3v) is 4.84. The van der Waals surface area contributed by atoms with Crippen LogP contribution in [0.15, 0.2) is 83.7 Å². The molecule has 1 aromatic heterocycles. The van der Waals surface area contributed by atoms with Gasteiger partial charge in [0.05, 0.1) is 24.7 Å². The molecule has 6 heteroatoms. The molecule has 0 spiro atoms. The predicted octanol–water partition coefficient (Wildman–Crippen LogP) is 4.10. The standard InChI is InChI=1S/C24H21N3O3/c1-30-19-13-11-18(12-14-19)25-22(28)15-16-27-24(29)21-10-6-5-9-20(21)23(26-27)17-7-3-2-4-8-17/h2-14H,15-16H2,1H3,(H,25,28). The lowest BCUT2D eigenvalue weighted by atomic mass is 10.1. The zero-order valence-corrected chi connectivity index (χ0v) is 16.5. The Morgan fingerprint density at radius 1 is 0.933 bits per heavy atom. The fourth-order valence-corrected chi connectivity index (χ4v) is 3.30. The van der Waals surface area contributed by atoms with E-state index in [2.05, 4.69) is 10.4 Å². The number of ether oxygens (including phenoxy) is 1. The predicted molar refractivity (Wildman–Crippen MR) is 118 cm³/mol. The third kappa shape index (κ3) is 4.07. The Bertz CT molecular complexity index is 1230. The molecule has 0 saturated carbocycles. The van der Waals surface area contributed by atoms with Crippen LogP contribution in [0.3, 0.4) is 0 Å². The molecule has 1 N–H and O–H groups in total. The average Bonchev–Trinajstić information content (AvgIpc) is 2.80. The zero-order valence-electron chi connectivity index (χ0n) is 16.5. The van der Waals surface area contributed by atoms with Gasteiger partial charge in [-0.2, -0.15) is 5.10 Å². The van der Waals surface area contributed by atoms with Crippen molar-refractivity contribution in [1.29, 1.82) is 0 Å². The Kier molecular flexibility index (Phi) is 5.57. The van der Waals surface area contributed by atoms with E-state index < -0.39 is 0 Å². The van der Waals surface area contributed by atoms with Crippen LogP contribution in [0.2, 0.25) is 0 Å². The molecule has 0 aliphatic heterocycles. The molecule has 0 bridgehead atoms. The van der Waals surface area contributed by atoms with Gasteiger partial charge in [0.15, 0.2) is 0 Å². The first-order valence-corrected chi connectivity index (χ1v) is 9.65. The fraction of sp³-hybridized carbons (Fsp3) is 0.125. The first-order chi connectivity index (χ1) is 14.7. The number of methoxy groups -OCH3 is 1. The minimum Gasteiger partial charge on any atom is -0.497 e. The van der Waals surface area contributed by atoms with Crippen molar-refractivity contribution in [3.8, 4) is 17.0 Å². The number of rotatable bonds is 6. The van der Waals surface area contributed by atoms with Gasteiger partial charge in [-0.1, -0.05) is 48.5 Å². The Hall–Kier alpha value is -3.93. The van der Waals surface area contributed by atoms with Crippen molar-refractivity contribution in [1.82, 2.24) is 9.78 Å². The molecule has 1 heterocycles. The van der Waals surface area contributed by atoms with E-state index in [1.807, 2.05) is 48.5 Å². The fourth-order valence-electron chi connectivity index (χ4n) is 3.30. The van der Waals surface area contributed by atoms with Gasteiger partial charge in [-0.05, 0) is 30.3 Å². The summed E-state index contributed by atoms with van der Waals surface area (Å²) >= 11 is 0. The SMILES string of the molecule is COc1ccc(NC(=O)CCn2nc(-c3ccccc3)c3ccccc3c2=O)cc1. The number of carbonyl (C=O) groups is 1. The molecule has 3 aromatic carbocycles. The van der Waals surface area contributed by atoms with Gasteiger partial charge in [-0.15, -0.1) is 0 Å². The smallest absolute Gasteiger partial charge is 0.274 e. The second kappa shape index (κ2) is 8.61. The van der Waals surface area contributed by atoms with Crippen LogP contribution < -0.4 is 15.6 Å². The molecule has 0 atom stereocenters. The first kappa shape index (κ1) is 19.4. The Balaban J connectivity index is 1.58. The maximum Gasteiger partial charge on any atom is 0.274 e. The van der Waals surface area contributed by atoms with Gasteiger partial charge >= 0.3 is 0 Å². The van der Waals surface area contributed by atoms with Crippen LogP contribution in [0, 0.1) is 0 Å². The molecule has 0 saturated heterocycles. The van der Waals surface area contributed by atoms with Gasteiger partial charge < -0.3 is 10.1 Å². The molecule has 0 aliphatic carbocycles. The van der Waals surface area contributed by atoms with Crippen molar-refractivity contribution in [3.05, 3.63) is 89.2 Å². The van der Waals surface area contributed by atoms with Crippen molar-refractivity contribution in [2.75, 3.05) is 12.4 Å². The first-order valence-electron chi connectivity index (χ1n) is 9.65. The van der Waals surface area contributed by atoms with Gasteiger partial charge in [0.25, 0.3) is 5.56 Å². The summed E-state index contributed by atoms with van der Waals surface area (Å²) in [6.07, 6.45) is 0.130. The number of hydrogen-bond donors (Lipinski definition) is 1. The largest absolute Gasteiger partial charge is 0.497 e. The van der Waals surface area contributed by atoms with Crippen molar-refractivity contribution in [2.45, 2.75) is 13.0 Å². The van der Waals surface area contributed by atoms with Crippen LogP contribution in [0.1, 0.15) is 6.42 Å². The van der Waals surface area contributed by atoms with Crippen molar-refractivity contribution in [3.63, 3.8) is 0 Å². The molecule has 4 aromatic rings. The third-order valence-electron chi connectivity index (χ3n) is 4.84. The van der Waals surface area contributed by atoms with E-state index >= 15 is 0 Å². The summed E-state index contributed by atoms with van der Waals surface area (Å²) in [5.74, 6) is 0.525. The number of nitrogens with one attached hydrogen (secondary N) is 1. The number of anilines is 1. The Labute approximate surface area is 173 Å². The minimum absolute atomic E-state index is 0.130. The topological polar surface area (TPSA) is 73.2 Å². The number of aromatic nitrogens is 2. The number of benzene rings is 3. The zero-order chi connectivity index (χ0) is 20.9. The highest BCUT2D eigenvalue weighted by Gasteiger charge is 2.13. The molecule has 0 unspecified atom stereocenters. The number of amides is 1. The summed E-state index contributed by atoms with van der Waals surface area (Å²) < 4.78 is 6.49. The number of fused-ring (bicyclic) bond motifs is 1. The van der Waals surface area contributed by atoms with E-state index in [0.29, 0.717) is 16.8 Å². The summed E-state index contributed by atoms with van der Waals surface area (Å²) in [6, 6.07) is 24.2. The molecule has 0 fully saturated rings. The summed E-state index contributed by atoms with van der Waals surface area (Å²) in [6.45, 7) is 0.186. The van der Waals surface area contributed by atoms with Crippen molar-refractivity contribution < 1.29 is 9.53 Å². The molecule has 150 valence electrons. The van der Waals surface area contributed by atoms with Crippen molar-refractivity contribution >= 4 is 22.4 Å². The van der Waals surface area contributed by atoms with E-state index in [-0.39, 0.29) is 24.4 Å². The average molecular weight is 399 g/mol. The summed E-state index contributed by atoms with van der Waals surface area (Å²) in [4.78, 5) is 25.3. The maximum absolute atomic E-state index is 12.9. The van der Waals surface area contributed by atoms with Crippen LogP contribution in [0.25, 0.3) is 22.0 Å². The summed E-state index contributed by atoms with van der Waals surface area (Å²) in [5, 5.41) is 8.79. The van der Waals surface area contributed by atoms with Gasteiger partial charge in [0, 0.05) is 23.1 Å². The second-order valence-electron chi connectivity index (χ2n) is 6.82. The number of carbonyl (C=O) groups excluding carboxylic acids is 1. The monoisotopic (exact) mass is 399 g/mol. The van der Waals surface area contributed by atoms with Crippen LogP contribution >= 0.6 is 0 Å². The molecule has 0 aliphatic rings. The lowest BCUT2D eigenvalue weighted by Gasteiger charge is -2.11. The van der Waals surface area contributed by atoms with Crippen LogP contribution in [-0.4, -0.2) is 22.8 Å². The normalized spacial score (nSPS) is 10.7. The van der Waals surface area contributed by atoms with Crippen LogP contribution in [-0.2, 0) is 11.3 Å². The molecule has 6 nitrogen and oxygen atoms in total. The summed E-state index contributed by atoms with van der Waals surface area (Å²) in [5.41, 5.74) is 2.11. The molecular weight excluding hydrogens is 378 g/mol. The molecule has 0 radical (unpaired) electrons. The molecule has 4 rings (SSSR count). The highest BCUT2D eigenvalue weighted by Crippen LogP contribution is 2.24. The van der Waals surface area contributed by atoms with Gasteiger partial charge in [0.1, 0.15) is 5.75 Å². The molecule has 30 heavy (non-hydrogen) atoms. The van der Waals surface area contributed by atoms with E-state index in [9.17, 15) is 9.59 Å². The Morgan fingerprint density at radius 2 is 1.60 bits per heavy atom. The van der Waals surface area contributed by atoms with Gasteiger partial charge in [-0.25, -0.2) is 4.68 Å². The quantitative estimate of drug-likeness (QED) is 0.530. The summed E-state index contributed by atoms with van der Waals surface area (Å²) in [7, 11) is 1.59. The number of nitrogens with zero attached hydrogens (tertiary/aromatic N) is 2. The second-order valence-corrected chi connectivity index (χ2v) is 6.82. The Morgan fingerprint density at radius 3 is 2.30 bits per heavy atom. The molecular formula is C24H21N3O3. The highest BCUT2D eigenvalue weighted by molar-refractivity contribution is 5.94. The van der Waals surface area contributed by atoms with Crippen LogP contribution in [0.4, 0.5) is 5.69 Å². The van der Waals surface area contributed by atoms with E-state index in [0.717, 1.165) is 16.6 Å². The van der Waals surface area contributed by atoms with E-state index in [1.54, 1.807) is 37.4 Å². The number of aryl methyl sites for hydroxylation is 1. The lowest BCUT2D eigenvalue weighted by molar-refractivity contribution is -0.116. The van der Waals surface area contributed by atoms with E-state index in [1.165, 1.54) is 4.68 Å². The van der Waals surface area contributed by atoms with Crippen molar-refractivity contribution in [2.24, 2.45) is 0 Å². The van der Waals surface area contributed by atoms with E-state index in [4.69, 9.17) is 4.74 Å². The van der Waals surface area contributed by atoms with Gasteiger partial charge in [-0.3, -0.25) is 9.59 Å². The maximum atomic E-state index is 12.9. The minimum atomic E-state index is -0.206. The lowest BCUT2D eigenvalue weighted by Crippen LogP contribution is -2.26. The molecule has 1 amide bonds. The van der Waals surface area contributed by atoms with Crippen LogP contribution in [0.5, 0.6) is 5.75 Å². The van der Waals surface area contributed by atoms with Gasteiger partial charge in [0.2, 0.25) is 5.91 Å².